The van der Waals surface area contributed by atoms with Crippen molar-refractivity contribution < 1.29 is 19.1 Å². The van der Waals surface area contributed by atoms with Gasteiger partial charge in [0.05, 0.1) is 0 Å². The molecule has 1 saturated heterocycles. The fraction of sp³-hybridized carbons (Fsp3) is 0.526. The van der Waals surface area contributed by atoms with Crippen molar-refractivity contribution in [3.63, 3.8) is 0 Å². The molecule has 1 aromatic rings. The minimum Gasteiger partial charge on any atom is -0.445 e. The lowest BCUT2D eigenvalue weighted by atomic mass is 9.91. The molecule has 0 aliphatic carbocycles. The van der Waals surface area contributed by atoms with Gasteiger partial charge in [-0.1, -0.05) is 51.1 Å². The van der Waals surface area contributed by atoms with Crippen LogP contribution in [0.1, 0.15) is 32.8 Å². The van der Waals surface area contributed by atoms with E-state index in [0.717, 1.165) is 5.56 Å². The molecule has 136 valence electrons. The molecule has 0 spiro atoms. The van der Waals surface area contributed by atoms with E-state index < -0.39 is 12.1 Å². The number of rotatable bonds is 4. The molecule has 1 aliphatic heterocycles. The molecular weight excluding hydrogens is 320 g/mol. The molecule has 2 rings (SSSR count). The summed E-state index contributed by atoms with van der Waals surface area (Å²) in [6.45, 7) is 7.10. The van der Waals surface area contributed by atoms with Crippen molar-refractivity contribution in [1.29, 1.82) is 0 Å². The summed E-state index contributed by atoms with van der Waals surface area (Å²) in [5, 5.41) is 0. The topological polar surface area (TPSA) is 66.9 Å². The molecule has 1 heterocycles. The summed E-state index contributed by atoms with van der Waals surface area (Å²) >= 11 is 0. The second-order valence-electron chi connectivity index (χ2n) is 7.51. The highest BCUT2D eigenvalue weighted by molar-refractivity contribution is 5.79. The molecule has 2 amide bonds. The monoisotopic (exact) mass is 346 g/mol. The summed E-state index contributed by atoms with van der Waals surface area (Å²) in [4.78, 5) is 39.1. The first-order chi connectivity index (χ1) is 11.8. The smallest absolute Gasteiger partial charge is 0.410 e. The maximum Gasteiger partial charge on any atom is 0.410 e. The van der Waals surface area contributed by atoms with E-state index in [1.807, 2.05) is 51.1 Å². The Kier molecular flexibility index (Phi) is 6.17. The van der Waals surface area contributed by atoms with Crippen LogP contribution in [-0.4, -0.2) is 53.8 Å². The van der Waals surface area contributed by atoms with Gasteiger partial charge in [0.15, 0.2) is 0 Å². The fourth-order valence-electron chi connectivity index (χ4n) is 2.75. The molecule has 1 unspecified atom stereocenters. The number of amides is 2. The first kappa shape index (κ1) is 19.0. The Bertz CT molecular complexity index is 610. The van der Waals surface area contributed by atoms with Gasteiger partial charge < -0.3 is 14.4 Å². The van der Waals surface area contributed by atoms with Crippen LogP contribution in [0.25, 0.3) is 0 Å². The Morgan fingerprint density at radius 1 is 1.20 bits per heavy atom. The van der Waals surface area contributed by atoms with Crippen LogP contribution >= 0.6 is 0 Å². The third-order valence-corrected chi connectivity index (χ3v) is 4.05. The third-order valence-electron chi connectivity index (χ3n) is 4.05. The van der Waals surface area contributed by atoms with Gasteiger partial charge in [0, 0.05) is 26.1 Å². The molecule has 0 radical (unpaired) electrons. The highest BCUT2D eigenvalue weighted by atomic mass is 16.6. The number of carbonyl (C=O) groups is 3. The lowest BCUT2D eigenvalue weighted by Crippen LogP contribution is -2.57. The number of carbonyl (C=O) groups excluding carboxylic acids is 3. The van der Waals surface area contributed by atoms with E-state index >= 15 is 0 Å². The number of hydrogen-bond acceptors (Lipinski definition) is 4. The maximum atomic E-state index is 12.3. The Morgan fingerprint density at radius 3 is 2.48 bits per heavy atom. The minimum atomic E-state index is -0.666. The van der Waals surface area contributed by atoms with E-state index in [9.17, 15) is 14.4 Å². The molecular formula is C19H26N2O4. The first-order valence-corrected chi connectivity index (χ1v) is 8.50. The van der Waals surface area contributed by atoms with Crippen molar-refractivity contribution in [3.05, 3.63) is 35.9 Å². The Hall–Kier alpha value is -2.37. The number of nitrogens with zero attached hydrogens (tertiary/aromatic N) is 2. The van der Waals surface area contributed by atoms with Crippen molar-refractivity contribution in [2.45, 2.75) is 39.8 Å². The third kappa shape index (κ3) is 5.59. The second-order valence-corrected chi connectivity index (χ2v) is 7.51. The highest BCUT2D eigenvalue weighted by Gasteiger charge is 2.34. The van der Waals surface area contributed by atoms with Gasteiger partial charge in [-0.2, -0.15) is 0 Å². The van der Waals surface area contributed by atoms with E-state index in [4.69, 9.17) is 4.74 Å². The van der Waals surface area contributed by atoms with E-state index in [-0.39, 0.29) is 24.5 Å². The predicted molar refractivity (Wildman–Crippen MR) is 93.8 cm³/mol. The second kappa shape index (κ2) is 8.14. The Morgan fingerprint density at radius 2 is 1.88 bits per heavy atom. The Labute approximate surface area is 148 Å². The zero-order valence-corrected chi connectivity index (χ0v) is 15.1. The fourth-order valence-corrected chi connectivity index (χ4v) is 2.75. The molecule has 1 fully saturated rings. The van der Waals surface area contributed by atoms with E-state index in [0.29, 0.717) is 25.8 Å². The summed E-state index contributed by atoms with van der Waals surface area (Å²) in [5.41, 5.74) is 0.775. The molecule has 0 N–H and O–H groups in total. The van der Waals surface area contributed by atoms with Gasteiger partial charge in [-0.05, 0) is 11.0 Å². The number of ether oxygens (including phenoxy) is 1. The number of piperazine rings is 1. The molecule has 25 heavy (non-hydrogen) atoms. The Balaban J connectivity index is 1.91. The van der Waals surface area contributed by atoms with Gasteiger partial charge in [0.25, 0.3) is 0 Å². The van der Waals surface area contributed by atoms with Gasteiger partial charge >= 0.3 is 6.09 Å². The first-order valence-electron chi connectivity index (χ1n) is 8.50. The molecule has 0 aromatic heterocycles. The summed E-state index contributed by atoms with van der Waals surface area (Å²) in [6, 6.07) is 8.71. The van der Waals surface area contributed by atoms with Crippen LogP contribution in [0.2, 0.25) is 0 Å². The van der Waals surface area contributed by atoms with Gasteiger partial charge in [0.1, 0.15) is 18.9 Å². The average Bonchev–Trinajstić information content (AvgIpc) is 2.58. The van der Waals surface area contributed by atoms with Gasteiger partial charge in [0.2, 0.25) is 5.91 Å². The zero-order valence-electron chi connectivity index (χ0n) is 15.1. The van der Waals surface area contributed by atoms with Crippen molar-refractivity contribution in [1.82, 2.24) is 9.80 Å². The van der Waals surface area contributed by atoms with Crippen LogP contribution < -0.4 is 0 Å². The number of benzene rings is 1. The number of aldehydes is 1. The van der Waals surface area contributed by atoms with Crippen LogP contribution in [0.15, 0.2) is 30.3 Å². The zero-order chi connectivity index (χ0) is 18.4. The standard InChI is InChI=1S/C19H26N2O4/c1-19(2,3)11-17(23)20-9-10-21(16(12-20)13-22)18(24)25-14-15-7-5-4-6-8-15/h4-8,13,16H,9-12,14H2,1-3H3. The van der Waals surface area contributed by atoms with E-state index in [1.165, 1.54) is 4.90 Å². The summed E-state index contributed by atoms with van der Waals surface area (Å²) in [5.74, 6) is 0.0108. The van der Waals surface area contributed by atoms with E-state index in [2.05, 4.69) is 0 Å². The van der Waals surface area contributed by atoms with Crippen LogP contribution in [-0.2, 0) is 20.9 Å². The van der Waals surface area contributed by atoms with Crippen molar-refractivity contribution >= 4 is 18.3 Å². The van der Waals surface area contributed by atoms with E-state index in [1.54, 1.807) is 4.90 Å². The maximum absolute atomic E-state index is 12.3. The minimum absolute atomic E-state index is 0.0108. The molecule has 1 aromatic carbocycles. The molecule has 1 aliphatic rings. The molecule has 0 saturated carbocycles. The van der Waals surface area contributed by atoms with Crippen LogP contribution in [0.4, 0.5) is 4.79 Å². The highest BCUT2D eigenvalue weighted by Crippen LogP contribution is 2.21. The van der Waals surface area contributed by atoms with Crippen LogP contribution in [0.3, 0.4) is 0 Å². The summed E-state index contributed by atoms with van der Waals surface area (Å²) < 4.78 is 5.30. The average molecular weight is 346 g/mol. The molecule has 0 bridgehead atoms. The van der Waals surface area contributed by atoms with Crippen molar-refractivity contribution in [2.75, 3.05) is 19.6 Å². The normalized spacial score (nSPS) is 18.0. The SMILES string of the molecule is CC(C)(C)CC(=O)N1CCN(C(=O)OCc2ccccc2)C(C=O)C1. The van der Waals surface area contributed by atoms with Crippen LogP contribution in [0.5, 0.6) is 0 Å². The van der Waals surface area contributed by atoms with Crippen molar-refractivity contribution in [2.24, 2.45) is 5.41 Å². The quantitative estimate of drug-likeness (QED) is 0.786. The molecule has 6 nitrogen and oxygen atoms in total. The largest absolute Gasteiger partial charge is 0.445 e. The summed E-state index contributed by atoms with van der Waals surface area (Å²) in [7, 11) is 0. The molecule has 6 heteroatoms. The lowest BCUT2D eigenvalue weighted by molar-refractivity contribution is -0.136. The predicted octanol–water partition coefficient (Wildman–Crippen LogP) is 2.47. The van der Waals surface area contributed by atoms with Crippen molar-refractivity contribution in [3.8, 4) is 0 Å². The lowest BCUT2D eigenvalue weighted by Gasteiger charge is -2.39. The van der Waals surface area contributed by atoms with Gasteiger partial charge in [-0.15, -0.1) is 0 Å². The summed E-state index contributed by atoms with van der Waals surface area (Å²) in [6.07, 6.45) is 0.598. The molecule has 1 atom stereocenters. The van der Waals surface area contributed by atoms with Crippen LogP contribution in [0, 0.1) is 5.41 Å². The number of hydrogen-bond donors (Lipinski definition) is 0. The van der Waals surface area contributed by atoms with Gasteiger partial charge in [-0.3, -0.25) is 9.69 Å². The van der Waals surface area contributed by atoms with Gasteiger partial charge in [-0.25, -0.2) is 4.79 Å².